The Morgan fingerprint density at radius 3 is 2.50 bits per heavy atom. The Morgan fingerprint density at radius 2 is 1.90 bits per heavy atom. The summed E-state index contributed by atoms with van der Waals surface area (Å²) in [4.78, 5) is 42.4. The lowest BCUT2D eigenvalue weighted by molar-refractivity contribution is -0.198. The largest absolute Gasteiger partial charge is 0.493 e. The molecular weight excluding hydrogens is 532 g/mol. The number of amides is 2. The Morgan fingerprint density at radius 1 is 1.20 bits per heavy atom. The third kappa shape index (κ3) is 5.88. The van der Waals surface area contributed by atoms with Gasteiger partial charge in [-0.2, -0.15) is 0 Å². The smallest absolute Gasteiger partial charge is 0.416 e. The summed E-state index contributed by atoms with van der Waals surface area (Å²) in [5, 5.41) is -0.345. The monoisotopic (exact) mass is 576 g/mol. The van der Waals surface area contributed by atoms with Crippen molar-refractivity contribution in [3.8, 4) is 11.5 Å². The van der Waals surface area contributed by atoms with Crippen molar-refractivity contribution in [2.45, 2.75) is 82.6 Å². The first-order valence-electron chi connectivity index (χ1n) is 14.1. The number of nitrogens with zero attached hydrogens (tertiary/aromatic N) is 2. The highest BCUT2D eigenvalue weighted by Gasteiger charge is 2.53. The average molecular weight is 577 g/mol. The van der Waals surface area contributed by atoms with Crippen LogP contribution in [-0.2, 0) is 14.2 Å². The zero-order valence-electron chi connectivity index (χ0n) is 24.6. The van der Waals surface area contributed by atoms with Gasteiger partial charge in [0.15, 0.2) is 32.3 Å². The van der Waals surface area contributed by atoms with Crippen molar-refractivity contribution < 1.29 is 38.1 Å². The summed E-state index contributed by atoms with van der Waals surface area (Å²) < 4.78 is 29.3. The van der Waals surface area contributed by atoms with E-state index in [1.165, 1.54) is 25.2 Å². The molecule has 0 spiro atoms. The zero-order valence-corrected chi connectivity index (χ0v) is 25.6. The van der Waals surface area contributed by atoms with Gasteiger partial charge < -0.3 is 33.4 Å². The number of anilines is 1. The molecule has 3 aliphatic rings. The standard InChI is InChI=1S/C29H44N2O8Si/c1-8-14-38-28(33)31-21-17-23(36-5)22(35-4)16-20(21)26(32)30-13-12-19(18-29(2,3)40(6,7)34)25(30)27(31)39-24-11-9-10-15-37-24/h8,16-17,19,24-25,27,34H,1,9-15,18H2,2-7H3/t19-,24?,25+,27?/m1/s1. The van der Waals surface area contributed by atoms with Crippen molar-refractivity contribution in [1.29, 1.82) is 0 Å². The van der Waals surface area contributed by atoms with E-state index >= 15 is 0 Å². The van der Waals surface area contributed by atoms with Crippen LogP contribution < -0.4 is 14.4 Å². The first-order valence-corrected chi connectivity index (χ1v) is 17.0. The number of rotatable bonds is 9. The summed E-state index contributed by atoms with van der Waals surface area (Å²) in [6.07, 6.45) is 3.35. The molecule has 0 bridgehead atoms. The predicted molar refractivity (Wildman–Crippen MR) is 153 cm³/mol. The van der Waals surface area contributed by atoms with Crippen LogP contribution in [0, 0.1) is 5.92 Å². The minimum absolute atomic E-state index is 0.00626. The lowest BCUT2D eigenvalue weighted by atomic mass is 9.88. The van der Waals surface area contributed by atoms with Crippen molar-refractivity contribution in [3.63, 3.8) is 0 Å². The molecule has 2 fully saturated rings. The van der Waals surface area contributed by atoms with Gasteiger partial charge >= 0.3 is 6.09 Å². The fraction of sp³-hybridized carbons (Fsp3) is 0.655. The Labute approximate surface area is 238 Å². The van der Waals surface area contributed by atoms with Crippen LogP contribution in [0.15, 0.2) is 24.8 Å². The normalized spacial score (nSPS) is 25.1. The number of methoxy groups -OCH3 is 2. The van der Waals surface area contributed by atoms with Crippen LogP contribution in [0.4, 0.5) is 10.5 Å². The SMILES string of the molecule is C=CCOC(=O)N1c2cc(OC)c(OC)cc2C(=O)N2CC[C@H](CC(C)(C)[Si](C)(C)O)[C@H]2C1OC1CCCCO1. The number of hydrogen-bond donors (Lipinski definition) is 1. The van der Waals surface area contributed by atoms with Gasteiger partial charge in [-0.1, -0.05) is 26.5 Å². The molecule has 40 heavy (non-hydrogen) atoms. The van der Waals surface area contributed by atoms with Crippen molar-refractivity contribution in [3.05, 3.63) is 30.4 Å². The van der Waals surface area contributed by atoms with E-state index in [4.69, 9.17) is 23.7 Å². The molecule has 0 saturated carbocycles. The van der Waals surface area contributed by atoms with E-state index < -0.39 is 33.0 Å². The number of hydrogen-bond acceptors (Lipinski definition) is 8. The van der Waals surface area contributed by atoms with Gasteiger partial charge in [0.25, 0.3) is 5.91 Å². The van der Waals surface area contributed by atoms with E-state index in [-0.39, 0.29) is 23.5 Å². The molecule has 222 valence electrons. The van der Waals surface area contributed by atoms with Gasteiger partial charge in [-0.3, -0.25) is 4.79 Å². The molecular formula is C29H44N2O8Si. The summed E-state index contributed by atoms with van der Waals surface area (Å²) in [5.41, 5.74) is 0.618. The first kappa shape index (κ1) is 30.4. The molecule has 4 rings (SSSR count). The Bertz CT molecular complexity index is 1100. The third-order valence-corrected chi connectivity index (χ3v) is 12.3. The molecule has 2 unspecified atom stereocenters. The highest BCUT2D eigenvalue weighted by atomic mass is 28.4. The second-order valence-electron chi connectivity index (χ2n) is 12.0. The quantitative estimate of drug-likeness (QED) is 0.326. The lowest BCUT2D eigenvalue weighted by Crippen LogP contribution is -2.56. The van der Waals surface area contributed by atoms with Crippen LogP contribution in [0.25, 0.3) is 0 Å². The van der Waals surface area contributed by atoms with Crippen molar-refractivity contribution in [2.24, 2.45) is 5.92 Å². The number of ether oxygens (including phenoxy) is 5. The van der Waals surface area contributed by atoms with Crippen LogP contribution in [0.3, 0.4) is 0 Å². The molecule has 2 amide bonds. The Hall–Kier alpha value is -2.60. The highest BCUT2D eigenvalue weighted by Crippen LogP contribution is 2.49. The van der Waals surface area contributed by atoms with Gasteiger partial charge in [0, 0.05) is 19.2 Å². The van der Waals surface area contributed by atoms with Crippen molar-refractivity contribution >= 4 is 26.0 Å². The van der Waals surface area contributed by atoms with Crippen LogP contribution in [-0.4, -0.2) is 82.6 Å². The van der Waals surface area contributed by atoms with E-state index in [9.17, 15) is 14.4 Å². The maximum absolute atomic E-state index is 14.2. The van der Waals surface area contributed by atoms with Gasteiger partial charge in [-0.15, -0.1) is 0 Å². The minimum Gasteiger partial charge on any atom is -0.493 e. The fourth-order valence-electron chi connectivity index (χ4n) is 5.83. The van der Waals surface area contributed by atoms with E-state index in [1.807, 2.05) is 18.0 Å². The molecule has 3 heterocycles. The molecule has 11 heteroatoms. The van der Waals surface area contributed by atoms with Crippen LogP contribution >= 0.6 is 0 Å². The molecule has 1 N–H and O–H groups in total. The Balaban J connectivity index is 1.89. The lowest BCUT2D eigenvalue weighted by Gasteiger charge is -2.43. The zero-order chi connectivity index (χ0) is 29.2. The first-order chi connectivity index (χ1) is 18.9. The molecule has 2 saturated heterocycles. The highest BCUT2D eigenvalue weighted by molar-refractivity contribution is 6.72. The van der Waals surface area contributed by atoms with Crippen LogP contribution in [0.1, 0.15) is 56.3 Å². The number of benzene rings is 1. The number of carbonyl (C=O) groups excluding carboxylic acids is 2. The fourth-order valence-corrected chi connectivity index (χ4v) is 6.59. The summed E-state index contributed by atoms with van der Waals surface area (Å²) in [7, 11) is 0.443. The van der Waals surface area contributed by atoms with Gasteiger partial charge in [-0.25, -0.2) is 9.69 Å². The van der Waals surface area contributed by atoms with Crippen LogP contribution in [0.2, 0.25) is 18.1 Å². The average Bonchev–Trinajstić information content (AvgIpc) is 3.29. The van der Waals surface area contributed by atoms with E-state index in [0.29, 0.717) is 55.2 Å². The van der Waals surface area contributed by atoms with E-state index in [0.717, 1.165) is 12.8 Å². The molecule has 3 aliphatic heterocycles. The van der Waals surface area contributed by atoms with Crippen LogP contribution in [0.5, 0.6) is 11.5 Å². The van der Waals surface area contributed by atoms with Gasteiger partial charge in [0.2, 0.25) is 0 Å². The topological polar surface area (TPSA) is 107 Å². The summed E-state index contributed by atoms with van der Waals surface area (Å²) >= 11 is 0. The summed E-state index contributed by atoms with van der Waals surface area (Å²) in [6, 6.07) is 2.75. The molecule has 4 atom stereocenters. The molecule has 0 aliphatic carbocycles. The molecule has 0 aromatic heterocycles. The second-order valence-corrected chi connectivity index (χ2v) is 16.4. The van der Waals surface area contributed by atoms with Gasteiger partial charge in [0.1, 0.15) is 6.61 Å². The minimum atomic E-state index is -2.57. The third-order valence-electron chi connectivity index (χ3n) is 8.76. The van der Waals surface area contributed by atoms with Crippen molar-refractivity contribution in [2.75, 3.05) is 38.9 Å². The summed E-state index contributed by atoms with van der Waals surface area (Å²) in [5.74, 6) is 0.486. The second kappa shape index (κ2) is 12.1. The molecule has 10 nitrogen and oxygen atoms in total. The maximum Gasteiger partial charge on any atom is 0.416 e. The predicted octanol–water partition coefficient (Wildman–Crippen LogP) is 4.91. The number of fused-ring (bicyclic) bond motifs is 2. The summed E-state index contributed by atoms with van der Waals surface area (Å²) in [6.45, 7) is 12.8. The molecule has 0 radical (unpaired) electrons. The molecule has 1 aromatic rings. The van der Waals surface area contributed by atoms with Crippen molar-refractivity contribution in [1.82, 2.24) is 4.90 Å². The van der Waals surface area contributed by atoms with Gasteiger partial charge in [0.05, 0.1) is 31.5 Å². The number of carbonyl (C=O) groups is 2. The van der Waals surface area contributed by atoms with E-state index in [2.05, 4.69) is 20.4 Å². The molecule has 1 aromatic carbocycles. The Kier molecular flexibility index (Phi) is 9.18. The van der Waals surface area contributed by atoms with Gasteiger partial charge in [-0.05, 0) is 62.2 Å². The van der Waals surface area contributed by atoms with E-state index in [1.54, 1.807) is 12.1 Å². The maximum atomic E-state index is 14.2.